The number of rotatable bonds is 3. The summed E-state index contributed by atoms with van der Waals surface area (Å²) in [6.45, 7) is 13.0. The van der Waals surface area contributed by atoms with Crippen LogP contribution >= 0.6 is 0 Å². The number of hydrogen-bond donors (Lipinski definition) is 0. The molecule has 0 radical (unpaired) electrons. The first-order valence-corrected chi connectivity index (χ1v) is 14.2. The van der Waals surface area contributed by atoms with Gasteiger partial charge in [0.15, 0.2) is 8.32 Å². The molecule has 1 heterocycles. The molecule has 0 aromatic carbocycles. The van der Waals surface area contributed by atoms with Crippen molar-refractivity contribution in [2.45, 2.75) is 64.0 Å². The molecule has 158 valence electrons. The maximum atomic E-state index is 13.2. The molecule has 0 aromatic rings. The van der Waals surface area contributed by atoms with E-state index in [4.69, 9.17) is 13.9 Å². The van der Waals surface area contributed by atoms with Crippen LogP contribution in [0.4, 0.5) is 0 Å². The van der Waals surface area contributed by atoms with E-state index in [1.807, 2.05) is 6.92 Å². The van der Waals surface area contributed by atoms with Gasteiger partial charge in [-0.25, -0.2) is 0 Å². The van der Waals surface area contributed by atoms with Crippen LogP contribution in [0, 0.1) is 34.5 Å². The molecule has 0 N–H and O–H groups in total. The van der Waals surface area contributed by atoms with Crippen LogP contribution < -0.4 is 0 Å². The molecule has 1 saturated heterocycles. The molecule has 4 aliphatic carbocycles. The maximum absolute atomic E-state index is 13.2. The van der Waals surface area contributed by atoms with Crippen LogP contribution in [-0.4, -0.2) is 39.1 Å². The van der Waals surface area contributed by atoms with Gasteiger partial charge in [0.2, 0.25) is 0 Å². The molecule has 5 aliphatic rings. The predicted octanol–water partition coefficient (Wildman–Crippen LogP) is 3.86. The van der Waals surface area contributed by atoms with Gasteiger partial charge in [0.05, 0.1) is 24.5 Å². The van der Waals surface area contributed by atoms with Crippen LogP contribution in [0.15, 0.2) is 24.3 Å². The second-order valence-electron chi connectivity index (χ2n) is 11.2. The lowest BCUT2D eigenvalue weighted by Crippen LogP contribution is -2.49. The zero-order valence-electron chi connectivity index (χ0n) is 18.1. The molecule has 6 heteroatoms. The molecular weight excluding hydrogens is 384 g/mol. The quantitative estimate of drug-likeness (QED) is 0.397. The van der Waals surface area contributed by atoms with Gasteiger partial charge in [0, 0.05) is 17.8 Å². The standard InChI is InChI=1S/C23H32O5Si/c1-13-11-22-12-14(13)15(28-29(4,5)6)10-16(22)23-9-7-8-21(2,20(25)27-23)18(23)17(22)19(24)26-3/h7,9,14-18H,1,8,10-12H2,2-6H3/t14?,15-,16+,17+,18+,21?,22-,23+/m0/s1. The fraction of sp³-hybridized carbons (Fsp3) is 0.739. The molecular formula is C23H32O5Si. The molecule has 3 saturated carbocycles. The molecule has 0 amide bonds. The van der Waals surface area contributed by atoms with Gasteiger partial charge in [0.1, 0.15) is 5.60 Å². The number of methoxy groups -OCH3 is 1. The molecule has 5 rings (SSSR count). The van der Waals surface area contributed by atoms with Gasteiger partial charge >= 0.3 is 11.9 Å². The van der Waals surface area contributed by atoms with Crippen molar-refractivity contribution in [3.05, 3.63) is 24.3 Å². The average molecular weight is 417 g/mol. The van der Waals surface area contributed by atoms with Crippen molar-refractivity contribution >= 4 is 20.3 Å². The number of allylic oxidation sites excluding steroid dienone is 1. The van der Waals surface area contributed by atoms with Crippen LogP contribution in [-0.2, 0) is 23.5 Å². The van der Waals surface area contributed by atoms with Crippen LogP contribution in [0.25, 0.3) is 0 Å². The molecule has 0 aromatic heterocycles. The third-order valence-corrected chi connectivity index (χ3v) is 9.59. The van der Waals surface area contributed by atoms with E-state index in [1.165, 1.54) is 12.7 Å². The first kappa shape index (κ1) is 19.6. The number of carbonyl (C=O) groups is 2. The van der Waals surface area contributed by atoms with Crippen molar-refractivity contribution in [3.63, 3.8) is 0 Å². The van der Waals surface area contributed by atoms with Gasteiger partial charge < -0.3 is 13.9 Å². The van der Waals surface area contributed by atoms with Gasteiger partial charge in [-0.15, -0.1) is 0 Å². The lowest BCUT2D eigenvalue weighted by atomic mass is 9.62. The second-order valence-corrected chi connectivity index (χ2v) is 15.6. The van der Waals surface area contributed by atoms with Crippen molar-refractivity contribution in [2.75, 3.05) is 7.11 Å². The van der Waals surface area contributed by atoms with E-state index in [0.717, 1.165) is 19.3 Å². The van der Waals surface area contributed by atoms with Crippen molar-refractivity contribution in [1.82, 2.24) is 0 Å². The Morgan fingerprint density at radius 3 is 2.72 bits per heavy atom. The highest BCUT2D eigenvalue weighted by molar-refractivity contribution is 6.69. The summed E-state index contributed by atoms with van der Waals surface area (Å²) in [6.07, 6.45) is 7.39. The number of esters is 2. The molecule has 1 aliphatic heterocycles. The normalized spacial score (nSPS) is 49.6. The van der Waals surface area contributed by atoms with Crippen LogP contribution in [0.5, 0.6) is 0 Å². The topological polar surface area (TPSA) is 61.8 Å². The van der Waals surface area contributed by atoms with Gasteiger partial charge in [-0.2, -0.15) is 0 Å². The number of carbonyl (C=O) groups excluding carboxylic acids is 2. The molecule has 29 heavy (non-hydrogen) atoms. The van der Waals surface area contributed by atoms with Crippen molar-refractivity contribution in [3.8, 4) is 0 Å². The Morgan fingerprint density at radius 1 is 1.34 bits per heavy atom. The number of hydrogen-bond acceptors (Lipinski definition) is 5. The predicted molar refractivity (Wildman–Crippen MR) is 110 cm³/mol. The second kappa shape index (κ2) is 5.64. The number of ether oxygens (including phenoxy) is 2. The Morgan fingerprint density at radius 2 is 2.07 bits per heavy atom. The lowest BCUT2D eigenvalue weighted by molar-refractivity contribution is -0.161. The van der Waals surface area contributed by atoms with Gasteiger partial charge in [0.25, 0.3) is 0 Å². The summed E-state index contributed by atoms with van der Waals surface area (Å²) in [6, 6.07) is 0. The smallest absolute Gasteiger partial charge is 0.313 e. The van der Waals surface area contributed by atoms with E-state index in [0.29, 0.717) is 6.42 Å². The Labute approximate surface area is 174 Å². The lowest BCUT2D eigenvalue weighted by Gasteiger charge is -2.46. The third kappa shape index (κ3) is 2.25. The van der Waals surface area contributed by atoms with Gasteiger partial charge in [-0.1, -0.05) is 18.2 Å². The first-order chi connectivity index (χ1) is 13.5. The van der Waals surface area contributed by atoms with Crippen molar-refractivity contribution in [1.29, 1.82) is 0 Å². The minimum Gasteiger partial charge on any atom is -0.469 e. The molecule has 5 nitrogen and oxygen atoms in total. The highest BCUT2D eigenvalue weighted by Crippen LogP contribution is 2.77. The summed E-state index contributed by atoms with van der Waals surface area (Å²) in [7, 11) is -0.296. The molecule has 8 atom stereocenters. The SMILES string of the molecule is C=C1C[C@]23CC1[C@@H](O[Si](C)(C)C)C[C@H]2[C@@]12C=CCC(C)(C(=O)O1)[C@H]2[C@@H]3C(=O)OC. The summed E-state index contributed by atoms with van der Waals surface area (Å²) in [5.41, 5.74) is -0.459. The van der Waals surface area contributed by atoms with E-state index in [2.05, 4.69) is 38.4 Å². The van der Waals surface area contributed by atoms with Gasteiger partial charge in [-0.3, -0.25) is 9.59 Å². The Bertz CT molecular complexity index is 843. The minimum absolute atomic E-state index is 0.0586. The van der Waals surface area contributed by atoms with Crippen LogP contribution in [0.1, 0.15) is 32.6 Å². The molecule has 4 fully saturated rings. The summed E-state index contributed by atoms with van der Waals surface area (Å²) >= 11 is 0. The Balaban J connectivity index is 1.68. The fourth-order valence-corrected chi connectivity index (χ4v) is 8.97. The number of fused-ring (bicyclic) bond motifs is 1. The van der Waals surface area contributed by atoms with Crippen LogP contribution in [0.3, 0.4) is 0 Å². The summed E-state index contributed by atoms with van der Waals surface area (Å²) in [5.74, 6) is -0.552. The Hall–Kier alpha value is -1.40. The monoisotopic (exact) mass is 416 g/mol. The van der Waals surface area contributed by atoms with Gasteiger partial charge in [-0.05, 0) is 63.7 Å². The van der Waals surface area contributed by atoms with Crippen molar-refractivity contribution in [2.24, 2.45) is 34.5 Å². The van der Waals surface area contributed by atoms with Crippen molar-refractivity contribution < 1.29 is 23.5 Å². The minimum atomic E-state index is -1.76. The zero-order valence-corrected chi connectivity index (χ0v) is 19.1. The van der Waals surface area contributed by atoms with E-state index >= 15 is 0 Å². The summed E-state index contributed by atoms with van der Waals surface area (Å²) < 4.78 is 18.2. The molecule has 1 spiro atoms. The maximum Gasteiger partial charge on any atom is 0.313 e. The highest BCUT2D eigenvalue weighted by Gasteiger charge is 2.81. The zero-order chi connectivity index (χ0) is 21.0. The van der Waals surface area contributed by atoms with E-state index in [-0.39, 0.29) is 47.1 Å². The fourth-order valence-electron chi connectivity index (χ4n) is 7.81. The van der Waals surface area contributed by atoms with Crippen LogP contribution in [0.2, 0.25) is 19.6 Å². The first-order valence-electron chi connectivity index (χ1n) is 10.8. The Kier molecular flexibility index (Phi) is 3.80. The van der Waals surface area contributed by atoms with E-state index < -0.39 is 19.3 Å². The third-order valence-electron chi connectivity index (χ3n) is 8.58. The van der Waals surface area contributed by atoms with E-state index in [9.17, 15) is 9.59 Å². The molecule has 4 bridgehead atoms. The summed E-state index contributed by atoms with van der Waals surface area (Å²) in [5, 5.41) is 0. The molecule has 2 unspecified atom stereocenters. The summed E-state index contributed by atoms with van der Waals surface area (Å²) in [4.78, 5) is 26.3. The highest BCUT2D eigenvalue weighted by atomic mass is 28.4. The van der Waals surface area contributed by atoms with E-state index in [1.54, 1.807) is 0 Å². The average Bonchev–Trinajstić information content (AvgIpc) is 3.08. The largest absolute Gasteiger partial charge is 0.469 e.